The summed E-state index contributed by atoms with van der Waals surface area (Å²) in [7, 11) is 0. The molecule has 138 valence electrons. The summed E-state index contributed by atoms with van der Waals surface area (Å²) in [5.41, 5.74) is 2.29. The summed E-state index contributed by atoms with van der Waals surface area (Å²) >= 11 is 1.79. The van der Waals surface area contributed by atoms with E-state index in [4.69, 9.17) is 4.74 Å². The minimum atomic E-state index is -0.234. The molecule has 1 atom stereocenters. The number of rotatable bonds is 4. The normalized spacial score (nSPS) is 20.8. The van der Waals surface area contributed by atoms with E-state index in [0.717, 1.165) is 44.7 Å². The molecule has 0 bridgehead atoms. The molecule has 0 radical (unpaired) electrons. The van der Waals surface area contributed by atoms with Gasteiger partial charge in [0, 0.05) is 44.0 Å². The van der Waals surface area contributed by atoms with Gasteiger partial charge in [0.25, 0.3) is 0 Å². The molecule has 1 aromatic heterocycles. The highest BCUT2D eigenvalue weighted by molar-refractivity contribution is 7.10. The van der Waals surface area contributed by atoms with E-state index in [2.05, 4.69) is 16.3 Å². The molecule has 0 unspecified atom stereocenters. The molecular formula is C20H23FN2O2S. The van der Waals surface area contributed by atoms with Gasteiger partial charge in [-0.1, -0.05) is 12.1 Å². The minimum Gasteiger partial charge on any atom is -0.371 e. The molecule has 1 saturated heterocycles. The fourth-order valence-corrected chi connectivity index (χ4v) is 4.55. The fraction of sp³-hybridized carbons (Fsp3) is 0.450. The molecular weight excluding hydrogens is 351 g/mol. The summed E-state index contributed by atoms with van der Waals surface area (Å²) in [5.74, 6) is -0.00556. The average molecular weight is 374 g/mol. The van der Waals surface area contributed by atoms with E-state index in [1.54, 1.807) is 23.5 Å². The molecule has 2 aliphatic rings. The molecule has 4 nitrogen and oxygen atoms in total. The lowest BCUT2D eigenvalue weighted by Crippen LogP contribution is -2.41. The van der Waals surface area contributed by atoms with Gasteiger partial charge in [0.15, 0.2) is 0 Å². The Hall–Kier alpha value is -1.76. The second kappa shape index (κ2) is 7.86. The van der Waals surface area contributed by atoms with Crippen molar-refractivity contribution in [3.05, 3.63) is 57.5 Å². The van der Waals surface area contributed by atoms with E-state index < -0.39 is 0 Å². The molecule has 6 heteroatoms. The van der Waals surface area contributed by atoms with Gasteiger partial charge >= 0.3 is 0 Å². The molecule has 1 aromatic carbocycles. The zero-order chi connectivity index (χ0) is 17.9. The molecule has 0 saturated carbocycles. The molecule has 0 spiro atoms. The van der Waals surface area contributed by atoms with E-state index >= 15 is 0 Å². The quantitative estimate of drug-likeness (QED) is 0.824. The molecule has 4 rings (SSSR count). The molecule has 0 N–H and O–H groups in total. The maximum absolute atomic E-state index is 13.1. The second-order valence-corrected chi connectivity index (χ2v) is 7.90. The van der Waals surface area contributed by atoms with Crippen LogP contribution in [0.15, 0.2) is 35.7 Å². The van der Waals surface area contributed by atoms with E-state index in [1.807, 2.05) is 4.90 Å². The number of halogens is 1. The number of morpholine rings is 1. The first-order chi connectivity index (χ1) is 12.7. The number of hydrogen-bond donors (Lipinski definition) is 0. The van der Waals surface area contributed by atoms with Crippen molar-refractivity contribution in [2.75, 3.05) is 32.8 Å². The Bertz CT molecular complexity index is 761. The van der Waals surface area contributed by atoms with Crippen molar-refractivity contribution in [2.24, 2.45) is 0 Å². The van der Waals surface area contributed by atoms with Gasteiger partial charge in [-0.05, 0) is 41.1 Å². The largest absolute Gasteiger partial charge is 0.371 e. The van der Waals surface area contributed by atoms with Crippen molar-refractivity contribution in [3.63, 3.8) is 0 Å². The molecule has 2 aliphatic heterocycles. The van der Waals surface area contributed by atoms with Crippen molar-refractivity contribution >= 4 is 17.2 Å². The van der Waals surface area contributed by atoms with Crippen molar-refractivity contribution in [3.8, 4) is 0 Å². The maximum atomic E-state index is 13.1. The Morgan fingerprint density at radius 2 is 2.08 bits per heavy atom. The Balaban J connectivity index is 1.29. The fourth-order valence-electron chi connectivity index (χ4n) is 3.66. The monoisotopic (exact) mass is 374 g/mol. The highest BCUT2D eigenvalue weighted by Gasteiger charge is 2.25. The molecule has 1 fully saturated rings. The van der Waals surface area contributed by atoms with Crippen molar-refractivity contribution < 1.29 is 13.9 Å². The molecule has 2 aromatic rings. The Labute approximate surface area is 157 Å². The summed E-state index contributed by atoms with van der Waals surface area (Å²) in [5, 5.41) is 2.11. The summed E-state index contributed by atoms with van der Waals surface area (Å²) in [6.07, 6.45) is 1.46. The van der Waals surface area contributed by atoms with Gasteiger partial charge in [-0.15, -0.1) is 11.3 Å². The van der Waals surface area contributed by atoms with Crippen LogP contribution in [0.25, 0.3) is 0 Å². The second-order valence-electron chi connectivity index (χ2n) is 6.90. The predicted molar refractivity (Wildman–Crippen MR) is 99.6 cm³/mol. The maximum Gasteiger partial charge on any atom is 0.224 e. The number of nitrogens with zero attached hydrogens (tertiary/aromatic N) is 2. The van der Waals surface area contributed by atoms with Gasteiger partial charge < -0.3 is 9.64 Å². The lowest BCUT2D eigenvalue weighted by Gasteiger charge is -2.34. The van der Waals surface area contributed by atoms with Crippen LogP contribution in [-0.4, -0.2) is 48.5 Å². The lowest BCUT2D eigenvalue weighted by atomic mass is 10.1. The molecule has 3 heterocycles. The number of carbonyl (C=O) groups is 1. The topological polar surface area (TPSA) is 32.8 Å². The number of amides is 1. The van der Waals surface area contributed by atoms with E-state index in [1.165, 1.54) is 22.6 Å². The first-order valence-electron chi connectivity index (χ1n) is 9.11. The number of carbonyl (C=O) groups excluding carboxylic acids is 1. The first-order valence-corrected chi connectivity index (χ1v) is 9.99. The van der Waals surface area contributed by atoms with Crippen LogP contribution < -0.4 is 0 Å². The number of hydrogen-bond acceptors (Lipinski definition) is 4. The first kappa shape index (κ1) is 17.6. The molecule has 1 amide bonds. The highest BCUT2D eigenvalue weighted by Crippen LogP contribution is 2.25. The van der Waals surface area contributed by atoms with Crippen molar-refractivity contribution in [1.29, 1.82) is 0 Å². The van der Waals surface area contributed by atoms with Crippen LogP contribution in [0.4, 0.5) is 4.39 Å². The summed E-state index contributed by atoms with van der Waals surface area (Å²) in [6, 6.07) is 8.63. The van der Waals surface area contributed by atoms with Gasteiger partial charge in [0.2, 0.25) is 5.91 Å². The number of benzene rings is 1. The predicted octanol–water partition coefficient (Wildman–Crippen LogP) is 3.24. The van der Waals surface area contributed by atoms with Gasteiger partial charge in [0.05, 0.1) is 12.7 Å². The van der Waals surface area contributed by atoms with Crippen LogP contribution in [-0.2, 0) is 22.5 Å². The van der Waals surface area contributed by atoms with Crippen LogP contribution in [0.3, 0.4) is 0 Å². The number of fused-ring (bicyclic) bond motifs is 1. The van der Waals surface area contributed by atoms with Gasteiger partial charge in [0.1, 0.15) is 5.82 Å². The van der Waals surface area contributed by atoms with E-state index in [9.17, 15) is 9.18 Å². The third-order valence-electron chi connectivity index (χ3n) is 5.19. The smallest absolute Gasteiger partial charge is 0.224 e. The zero-order valence-electron chi connectivity index (χ0n) is 14.7. The van der Waals surface area contributed by atoms with Gasteiger partial charge in [-0.3, -0.25) is 9.69 Å². The van der Waals surface area contributed by atoms with Crippen LogP contribution in [0.1, 0.15) is 28.5 Å². The Morgan fingerprint density at radius 1 is 1.23 bits per heavy atom. The highest BCUT2D eigenvalue weighted by atomic mass is 32.1. The summed E-state index contributed by atoms with van der Waals surface area (Å²) < 4.78 is 18.9. The van der Waals surface area contributed by atoms with E-state index in [-0.39, 0.29) is 17.8 Å². The number of thiophene rings is 1. The third-order valence-corrected chi connectivity index (χ3v) is 6.22. The Kier molecular flexibility index (Phi) is 5.33. The summed E-state index contributed by atoms with van der Waals surface area (Å²) in [6.45, 7) is 4.53. The zero-order valence-corrected chi connectivity index (χ0v) is 15.5. The van der Waals surface area contributed by atoms with Crippen LogP contribution in [0.2, 0.25) is 0 Å². The average Bonchev–Trinajstić information content (AvgIpc) is 3.15. The van der Waals surface area contributed by atoms with Gasteiger partial charge in [-0.25, -0.2) is 4.39 Å². The van der Waals surface area contributed by atoms with Crippen molar-refractivity contribution in [1.82, 2.24) is 9.80 Å². The third kappa shape index (κ3) is 3.98. The minimum absolute atomic E-state index is 0.0530. The van der Waals surface area contributed by atoms with Crippen LogP contribution in [0.5, 0.6) is 0 Å². The molecule has 0 aliphatic carbocycles. The van der Waals surface area contributed by atoms with Crippen LogP contribution in [0, 0.1) is 5.82 Å². The molecule has 26 heavy (non-hydrogen) atoms. The van der Waals surface area contributed by atoms with Crippen LogP contribution >= 0.6 is 11.3 Å². The Morgan fingerprint density at radius 3 is 2.92 bits per heavy atom. The lowest BCUT2D eigenvalue weighted by molar-refractivity contribution is -0.133. The SMILES string of the molecule is O=C(CCN1CCO[C@@H](c2ccc(F)cc2)C1)N1CCc2sccc2C1. The van der Waals surface area contributed by atoms with E-state index in [0.29, 0.717) is 13.0 Å². The van der Waals surface area contributed by atoms with Gasteiger partial charge in [-0.2, -0.15) is 0 Å². The summed E-state index contributed by atoms with van der Waals surface area (Å²) in [4.78, 5) is 18.3. The number of ether oxygens (including phenoxy) is 1. The van der Waals surface area contributed by atoms with Crippen molar-refractivity contribution in [2.45, 2.75) is 25.5 Å². The standard InChI is InChI=1S/C20H23FN2O2S/c21-17-3-1-15(2-4-17)18-14-22(10-11-25-18)8-6-20(24)23-9-5-19-16(13-23)7-12-26-19/h1-4,7,12,18H,5-6,8-11,13-14H2/t18-/m1/s1.